The highest BCUT2D eigenvalue weighted by Gasteiger charge is 2.18. The summed E-state index contributed by atoms with van der Waals surface area (Å²) in [5.74, 6) is 0.176. The lowest BCUT2D eigenvalue weighted by atomic mass is 9.86. The summed E-state index contributed by atoms with van der Waals surface area (Å²) < 4.78 is 0. The van der Waals surface area contributed by atoms with Crippen LogP contribution < -0.4 is 10.6 Å². The lowest BCUT2D eigenvalue weighted by molar-refractivity contribution is 0.0946. The van der Waals surface area contributed by atoms with Crippen molar-refractivity contribution < 1.29 is 4.79 Å². The van der Waals surface area contributed by atoms with E-state index >= 15 is 0 Å². The molecule has 0 saturated carbocycles. The second kappa shape index (κ2) is 8.21. The van der Waals surface area contributed by atoms with E-state index in [-0.39, 0.29) is 11.3 Å². The topological polar surface area (TPSA) is 66.9 Å². The summed E-state index contributed by atoms with van der Waals surface area (Å²) in [6.07, 6.45) is 1.59. The first-order chi connectivity index (χ1) is 13.3. The maximum Gasteiger partial charge on any atom is 0.270 e. The SMILES string of the molecule is Cc1ccc(CNC(=O)c2ccnc(Nc3ccccc3C(C)(C)C)n2)cc1. The number of benzene rings is 2. The van der Waals surface area contributed by atoms with Gasteiger partial charge in [-0.25, -0.2) is 9.97 Å². The van der Waals surface area contributed by atoms with Crippen LogP contribution in [0.25, 0.3) is 0 Å². The number of para-hydroxylation sites is 1. The fourth-order valence-corrected chi connectivity index (χ4v) is 2.89. The number of carbonyl (C=O) groups is 1. The molecule has 0 radical (unpaired) electrons. The van der Waals surface area contributed by atoms with Crippen molar-refractivity contribution in [2.75, 3.05) is 5.32 Å². The van der Waals surface area contributed by atoms with Gasteiger partial charge in [-0.1, -0.05) is 68.8 Å². The number of nitrogens with zero attached hydrogens (tertiary/aromatic N) is 2. The molecule has 1 amide bonds. The quantitative estimate of drug-likeness (QED) is 0.676. The van der Waals surface area contributed by atoms with Gasteiger partial charge >= 0.3 is 0 Å². The Kier molecular flexibility index (Phi) is 5.73. The van der Waals surface area contributed by atoms with E-state index in [2.05, 4.69) is 47.4 Å². The maximum absolute atomic E-state index is 12.5. The fraction of sp³-hybridized carbons (Fsp3) is 0.261. The Labute approximate surface area is 166 Å². The molecule has 0 spiro atoms. The minimum absolute atomic E-state index is 0.0212. The van der Waals surface area contributed by atoms with E-state index in [0.29, 0.717) is 18.2 Å². The molecule has 144 valence electrons. The average Bonchev–Trinajstić information content (AvgIpc) is 2.67. The number of rotatable bonds is 5. The fourth-order valence-electron chi connectivity index (χ4n) is 2.89. The van der Waals surface area contributed by atoms with Gasteiger partial charge in [-0.05, 0) is 35.6 Å². The maximum atomic E-state index is 12.5. The summed E-state index contributed by atoms with van der Waals surface area (Å²) in [7, 11) is 0. The van der Waals surface area contributed by atoms with E-state index in [9.17, 15) is 4.79 Å². The van der Waals surface area contributed by atoms with Gasteiger partial charge in [0.05, 0.1) is 0 Å². The molecule has 3 rings (SSSR count). The zero-order chi connectivity index (χ0) is 20.1. The Morgan fingerprint density at radius 1 is 1.00 bits per heavy atom. The van der Waals surface area contributed by atoms with Crippen LogP contribution in [-0.2, 0) is 12.0 Å². The van der Waals surface area contributed by atoms with Gasteiger partial charge in [0.25, 0.3) is 5.91 Å². The Balaban J connectivity index is 1.72. The molecule has 2 N–H and O–H groups in total. The lowest BCUT2D eigenvalue weighted by Gasteiger charge is -2.23. The van der Waals surface area contributed by atoms with Crippen LogP contribution in [-0.4, -0.2) is 15.9 Å². The molecule has 0 atom stereocenters. The number of aromatic nitrogens is 2. The van der Waals surface area contributed by atoms with Crippen molar-refractivity contribution in [3.63, 3.8) is 0 Å². The molecule has 2 aromatic carbocycles. The van der Waals surface area contributed by atoms with E-state index in [4.69, 9.17) is 0 Å². The third kappa shape index (κ3) is 4.94. The Bertz CT molecular complexity index is 959. The first-order valence-electron chi connectivity index (χ1n) is 9.36. The van der Waals surface area contributed by atoms with Crippen LogP contribution >= 0.6 is 0 Å². The van der Waals surface area contributed by atoms with Crippen molar-refractivity contribution >= 4 is 17.5 Å². The molecular weight excluding hydrogens is 348 g/mol. The van der Waals surface area contributed by atoms with Gasteiger partial charge in [0, 0.05) is 18.4 Å². The monoisotopic (exact) mass is 374 g/mol. The number of hydrogen-bond donors (Lipinski definition) is 2. The first-order valence-corrected chi connectivity index (χ1v) is 9.36. The average molecular weight is 374 g/mol. The van der Waals surface area contributed by atoms with Crippen molar-refractivity contribution in [2.45, 2.75) is 39.7 Å². The van der Waals surface area contributed by atoms with Gasteiger partial charge in [-0.2, -0.15) is 0 Å². The van der Waals surface area contributed by atoms with Crippen molar-refractivity contribution in [3.05, 3.63) is 83.2 Å². The summed E-state index contributed by atoms with van der Waals surface area (Å²) in [6.45, 7) is 8.96. The number of carbonyl (C=O) groups excluding carboxylic acids is 1. The molecule has 0 aliphatic rings. The molecular formula is C23H26N4O. The Morgan fingerprint density at radius 3 is 2.43 bits per heavy atom. The normalized spacial score (nSPS) is 11.1. The molecule has 28 heavy (non-hydrogen) atoms. The number of hydrogen-bond acceptors (Lipinski definition) is 4. The minimum atomic E-state index is -0.227. The Hall–Kier alpha value is -3.21. The van der Waals surface area contributed by atoms with Crippen LogP contribution in [0.2, 0.25) is 0 Å². The molecule has 0 bridgehead atoms. The molecule has 1 aromatic heterocycles. The van der Waals surface area contributed by atoms with Crippen LogP contribution in [0, 0.1) is 6.92 Å². The van der Waals surface area contributed by atoms with Crippen LogP contribution in [0.3, 0.4) is 0 Å². The van der Waals surface area contributed by atoms with Crippen molar-refractivity contribution in [2.24, 2.45) is 0 Å². The van der Waals surface area contributed by atoms with Gasteiger partial charge in [0.1, 0.15) is 5.69 Å². The van der Waals surface area contributed by atoms with Crippen molar-refractivity contribution in [1.82, 2.24) is 15.3 Å². The first kappa shape index (κ1) is 19.5. The number of amides is 1. The third-order valence-electron chi connectivity index (χ3n) is 4.44. The van der Waals surface area contributed by atoms with Crippen LogP contribution in [0.5, 0.6) is 0 Å². The van der Waals surface area contributed by atoms with Crippen molar-refractivity contribution in [1.29, 1.82) is 0 Å². The molecule has 0 fully saturated rings. The molecule has 5 heteroatoms. The van der Waals surface area contributed by atoms with E-state index in [1.165, 1.54) is 5.56 Å². The zero-order valence-electron chi connectivity index (χ0n) is 16.8. The molecule has 5 nitrogen and oxygen atoms in total. The van der Waals surface area contributed by atoms with Crippen LogP contribution in [0.1, 0.15) is 48.0 Å². The van der Waals surface area contributed by atoms with E-state index in [1.54, 1.807) is 12.3 Å². The molecule has 0 saturated heterocycles. The summed E-state index contributed by atoms with van der Waals surface area (Å²) in [5, 5.41) is 6.16. The predicted octanol–water partition coefficient (Wildman–Crippen LogP) is 4.76. The standard InChI is InChI=1S/C23H26N4O/c1-16-9-11-17(12-10-16)15-25-21(28)20-13-14-24-22(27-20)26-19-8-6-5-7-18(19)23(2,3)4/h5-14H,15H2,1-4H3,(H,25,28)(H,24,26,27). The molecule has 0 aliphatic carbocycles. The van der Waals surface area contributed by atoms with Gasteiger partial charge in [-0.15, -0.1) is 0 Å². The number of aryl methyl sites for hydroxylation is 1. The summed E-state index contributed by atoms with van der Waals surface area (Å²) in [6, 6.07) is 17.7. The lowest BCUT2D eigenvalue weighted by Crippen LogP contribution is -2.24. The van der Waals surface area contributed by atoms with Crippen LogP contribution in [0.15, 0.2) is 60.8 Å². The molecule has 3 aromatic rings. The largest absolute Gasteiger partial charge is 0.347 e. The highest BCUT2D eigenvalue weighted by molar-refractivity contribution is 5.92. The van der Waals surface area contributed by atoms with Crippen LogP contribution in [0.4, 0.5) is 11.6 Å². The second-order valence-electron chi connectivity index (χ2n) is 7.85. The molecule has 0 unspecified atom stereocenters. The zero-order valence-corrected chi connectivity index (χ0v) is 16.8. The summed E-state index contributed by atoms with van der Waals surface area (Å²) >= 11 is 0. The highest BCUT2D eigenvalue weighted by atomic mass is 16.1. The summed E-state index contributed by atoms with van der Waals surface area (Å²) in [5.41, 5.74) is 4.65. The minimum Gasteiger partial charge on any atom is -0.347 e. The highest BCUT2D eigenvalue weighted by Crippen LogP contribution is 2.30. The molecule has 1 heterocycles. The van der Waals surface area contributed by atoms with Gasteiger partial charge < -0.3 is 10.6 Å². The third-order valence-corrected chi connectivity index (χ3v) is 4.44. The van der Waals surface area contributed by atoms with E-state index in [0.717, 1.165) is 16.8 Å². The van der Waals surface area contributed by atoms with Gasteiger partial charge in [0.15, 0.2) is 0 Å². The number of nitrogens with one attached hydrogen (secondary N) is 2. The second-order valence-corrected chi connectivity index (χ2v) is 7.85. The van der Waals surface area contributed by atoms with Gasteiger partial charge in [-0.3, -0.25) is 4.79 Å². The summed E-state index contributed by atoms with van der Waals surface area (Å²) in [4.78, 5) is 21.1. The smallest absolute Gasteiger partial charge is 0.270 e. The van der Waals surface area contributed by atoms with E-state index in [1.807, 2.05) is 49.4 Å². The Morgan fingerprint density at radius 2 is 1.71 bits per heavy atom. The number of anilines is 2. The predicted molar refractivity (Wildman–Crippen MR) is 113 cm³/mol. The van der Waals surface area contributed by atoms with Gasteiger partial charge in [0.2, 0.25) is 5.95 Å². The molecule has 0 aliphatic heterocycles. The van der Waals surface area contributed by atoms with E-state index < -0.39 is 0 Å². The van der Waals surface area contributed by atoms with Crippen molar-refractivity contribution in [3.8, 4) is 0 Å².